The van der Waals surface area contributed by atoms with Gasteiger partial charge in [-0.1, -0.05) is 41.9 Å². The molecule has 0 aliphatic rings. The summed E-state index contributed by atoms with van der Waals surface area (Å²) < 4.78 is 1.12. The van der Waals surface area contributed by atoms with E-state index in [9.17, 15) is 0 Å². The Kier molecular flexibility index (Phi) is 4.97. The first kappa shape index (κ1) is 12.1. The van der Waals surface area contributed by atoms with Crippen LogP contribution in [0.2, 0.25) is 0 Å². The molecule has 0 heterocycles. The highest BCUT2D eigenvalue weighted by molar-refractivity contribution is 9.10. The lowest BCUT2D eigenvalue weighted by Crippen LogP contribution is -2.10. The van der Waals surface area contributed by atoms with E-state index in [4.69, 9.17) is 11.6 Å². The molecule has 1 rings (SSSR count). The van der Waals surface area contributed by atoms with Crippen LogP contribution < -0.4 is 0 Å². The lowest BCUT2D eigenvalue weighted by molar-refractivity contribution is 0.604. The third-order valence-electron chi connectivity index (χ3n) is 2.56. The largest absolute Gasteiger partial charge is 0.122 e. The first-order valence-corrected chi connectivity index (χ1v) is 6.31. The number of halogens is 2. The fourth-order valence-corrected chi connectivity index (χ4v) is 2.28. The highest BCUT2D eigenvalue weighted by Gasteiger charge is 2.17. The molecule has 0 bridgehead atoms. The van der Waals surface area contributed by atoms with E-state index in [1.54, 1.807) is 0 Å². The van der Waals surface area contributed by atoms with Crippen LogP contribution in [0.25, 0.3) is 0 Å². The molecule has 0 nitrogen and oxygen atoms in total. The van der Waals surface area contributed by atoms with E-state index < -0.39 is 0 Å². The Morgan fingerprint density at radius 3 is 2.14 bits per heavy atom. The number of benzene rings is 1. The van der Waals surface area contributed by atoms with E-state index in [2.05, 4.69) is 54.0 Å². The standard InChI is InChI=1S/C12H16BrCl/c1-3-11(12(14)4-2)9-5-7-10(13)8-6-9/h5-8,11-12H,3-4H2,1-2H3. The van der Waals surface area contributed by atoms with Crippen molar-refractivity contribution in [3.05, 3.63) is 34.3 Å². The molecule has 0 aromatic heterocycles. The quantitative estimate of drug-likeness (QED) is 0.681. The van der Waals surface area contributed by atoms with Crippen molar-refractivity contribution < 1.29 is 0 Å². The van der Waals surface area contributed by atoms with Gasteiger partial charge >= 0.3 is 0 Å². The SMILES string of the molecule is CCC(Cl)C(CC)c1ccc(Br)cc1. The highest BCUT2D eigenvalue weighted by Crippen LogP contribution is 2.29. The Labute approximate surface area is 99.8 Å². The molecule has 1 aromatic rings. The van der Waals surface area contributed by atoms with E-state index in [-0.39, 0.29) is 5.38 Å². The summed E-state index contributed by atoms with van der Waals surface area (Å²) in [6.45, 7) is 4.33. The lowest BCUT2D eigenvalue weighted by Gasteiger charge is -2.20. The topological polar surface area (TPSA) is 0 Å². The maximum atomic E-state index is 6.29. The van der Waals surface area contributed by atoms with Gasteiger partial charge in [-0.05, 0) is 36.5 Å². The summed E-state index contributed by atoms with van der Waals surface area (Å²) in [5, 5.41) is 0.251. The van der Waals surface area contributed by atoms with Crippen LogP contribution >= 0.6 is 27.5 Å². The Hall–Kier alpha value is -0.0100. The molecule has 1 aromatic carbocycles. The molecule has 78 valence electrons. The smallest absolute Gasteiger partial charge is 0.0401 e. The monoisotopic (exact) mass is 274 g/mol. The van der Waals surface area contributed by atoms with Gasteiger partial charge in [0.1, 0.15) is 0 Å². The molecule has 0 spiro atoms. The highest BCUT2D eigenvalue weighted by atomic mass is 79.9. The predicted octanol–water partition coefficient (Wildman–Crippen LogP) is 4.96. The van der Waals surface area contributed by atoms with Crippen LogP contribution in [0, 0.1) is 0 Å². The number of rotatable bonds is 4. The van der Waals surface area contributed by atoms with E-state index in [0.29, 0.717) is 5.92 Å². The van der Waals surface area contributed by atoms with Crippen molar-refractivity contribution in [2.75, 3.05) is 0 Å². The van der Waals surface area contributed by atoms with Crippen molar-refractivity contribution in [1.82, 2.24) is 0 Å². The maximum absolute atomic E-state index is 6.29. The van der Waals surface area contributed by atoms with Gasteiger partial charge in [-0.25, -0.2) is 0 Å². The minimum absolute atomic E-state index is 0.251. The van der Waals surface area contributed by atoms with Crippen LogP contribution in [0.1, 0.15) is 38.2 Å². The van der Waals surface area contributed by atoms with Gasteiger partial charge in [-0.3, -0.25) is 0 Å². The van der Waals surface area contributed by atoms with Gasteiger partial charge < -0.3 is 0 Å². The summed E-state index contributed by atoms with van der Waals surface area (Å²) in [6, 6.07) is 8.47. The van der Waals surface area contributed by atoms with Gasteiger partial charge in [-0.15, -0.1) is 11.6 Å². The van der Waals surface area contributed by atoms with Crippen molar-refractivity contribution in [2.45, 2.75) is 38.0 Å². The average Bonchev–Trinajstić information content (AvgIpc) is 2.21. The molecule has 0 N–H and O–H groups in total. The summed E-state index contributed by atoms with van der Waals surface area (Å²) in [6.07, 6.45) is 2.12. The van der Waals surface area contributed by atoms with Gasteiger partial charge in [0.15, 0.2) is 0 Å². The number of alkyl halides is 1. The predicted molar refractivity (Wildman–Crippen MR) is 67.1 cm³/mol. The minimum Gasteiger partial charge on any atom is -0.122 e. The maximum Gasteiger partial charge on any atom is 0.0401 e. The van der Waals surface area contributed by atoms with Gasteiger partial charge in [0.05, 0.1) is 0 Å². The Bertz CT molecular complexity index is 268. The van der Waals surface area contributed by atoms with E-state index in [1.165, 1.54) is 5.56 Å². The Morgan fingerprint density at radius 2 is 1.71 bits per heavy atom. The molecule has 2 heteroatoms. The number of hydrogen-bond donors (Lipinski definition) is 0. The van der Waals surface area contributed by atoms with Gasteiger partial charge in [0.25, 0.3) is 0 Å². The molecular weight excluding hydrogens is 259 g/mol. The second kappa shape index (κ2) is 5.77. The van der Waals surface area contributed by atoms with Crippen molar-refractivity contribution in [2.24, 2.45) is 0 Å². The zero-order valence-corrected chi connectivity index (χ0v) is 11.0. The molecule has 0 amide bonds. The summed E-state index contributed by atoms with van der Waals surface area (Å²) in [4.78, 5) is 0. The van der Waals surface area contributed by atoms with Gasteiger partial charge in [0, 0.05) is 9.85 Å². The van der Waals surface area contributed by atoms with Crippen molar-refractivity contribution in [1.29, 1.82) is 0 Å². The molecule has 14 heavy (non-hydrogen) atoms. The molecule has 2 atom stereocenters. The van der Waals surface area contributed by atoms with Crippen molar-refractivity contribution in [3.8, 4) is 0 Å². The third kappa shape index (κ3) is 2.99. The Morgan fingerprint density at radius 1 is 1.14 bits per heavy atom. The number of hydrogen-bond acceptors (Lipinski definition) is 0. The second-order valence-corrected chi connectivity index (χ2v) is 4.97. The van der Waals surface area contributed by atoms with E-state index >= 15 is 0 Å². The van der Waals surface area contributed by atoms with E-state index in [1.807, 2.05) is 0 Å². The molecule has 0 radical (unpaired) electrons. The molecule has 0 aliphatic carbocycles. The first-order valence-electron chi connectivity index (χ1n) is 5.08. The van der Waals surface area contributed by atoms with Crippen molar-refractivity contribution in [3.63, 3.8) is 0 Å². The second-order valence-electron chi connectivity index (χ2n) is 3.49. The van der Waals surface area contributed by atoms with Crippen LogP contribution in [0.15, 0.2) is 28.7 Å². The molecule has 0 aliphatic heterocycles. The average molecular weight is 276 g/mol. The first-order chi connectivity index (χ1) is 6.69. The zero-order valence-electron chi connectivity index (χ0n) is 8.63. The molecule has 2 unspecified atom stereocenters. The van der Waals surface area contributed by atoms with Crippen LogP contribution in [0.5, 0.6) is 0 Å². The summed E-state index contributed by atoms with van der Waals surface area (Å²) in [7, 11) is 0. The normalized spacial score (nSPS) is 15.1. The van der Waals surface area contributed by atoms with Gasteiger partial charge in [0.2, 0.25) is 0 Å². The summed E-state index contributed by atoms with van der Waals surface area (Å²) in [5.74, 6) is 0.481. The van der Waals surface area contributed by atoms with Crippen LogP contribution in [0.3, 0.4) is 0 Å². The molecule has 0 saturated carbocycles. The minimum atomic E-state index is 0.251. The summed E-state index contributed by atoms with van der Waals surface area (Å²) >= 11 is 9.73. The molecule has 0 saturated heterocycles. The molecule has 0 fully saturated rings. The fraction of sp³-hybridized carbons (Fsp3) is 0.500. The Balaban J connectivity index is 2.84. The van der Waals surface area contributed by atoms with Crippen molar-refractivity contribution >= 4 is 27.5 Å². The zero-order chi connectivity index (χ0) is 10.6. The lowest BCUT2D eigenvalue weighted by atomic mass is 9.92. The van der Waals surface area contributed by atoms with Crippen LogP contribution in [-0.2, 0) is 0 Å². The molecular formula is C12H16BrCl. The fourth-order valence-electron chi connectivity index (χ4n) is 1.69. The van der Waals surface area contributed by atoms with Gasteiger partial charge in [-0.2, -0.15) is 0 Å². The van der Waals surface area contributed by atoms with Crippen LogP contribution in [-0.4, -0.2) is 5.38 Å². The van der Waals surface area contributed by atoms with Crippen LogP contribution in [0.4, 0.5) is 0 Å². The summed E-state index contributed by atoms with van der Waals surface area (Å²) in [5.41, 5.74) is 1.34. The van der Waals surface area contributed by atoms with E-state index in [0.717, 1.165) is 17.3 Å². The third-order valence-corrected chi connectivity index (χ3v) is 3.71.